The smallest absolute Gasteiger partial charge is 0.251 e. The number of hydrogen-bond acceptors (Lipinski definition) is 7. The zero-order valence-corrected chi connectivity index (χ0v) is 15.2. The van der Waals surface area contributed by atoms with E-state index in [-0.39, 0.29) is 11.9 Å². The maximum Gasteiger partial charge on any atom is 0.251 e. The quantitative estimate of drug-likeness (QED) is 0.651. The van der Waals surface area contributed by atoms with E-state index in [0.29, 0.717) is 23.7 Å². The first-order valence-corrected chi connectivity index (χ1v) is 8.54. The number of amides is 1. The lowest BCUT2D eigenvalue weighted by molar-refractivity contribution is 0.0949. The fraction of sp³-hybridized carbons (Fsp3) is 0.278. The molecule has 0 atom stereocenters. The maximum absolute atomic E-state index is 12.4. The summed E-state index contributed by atoms with van der Waals surface area (Å²) in [6.45, 7) is 3.21. The van der Waals surface area contributed by atoms with Crippen LogP contribution in [0.5, 0.6) is 5.88 Å². The highest BCUT2D eigenvalue weighted by molar-refractivity contribution is 5.94. The Morgan fingerprint density at radius 1 is 1.26 bits per heavy atom. The summed E-state index contributed by atoms with van der Waals surface area (Å²) in [6, 6.07) is 8.75. The second-order valence-corrected chi connectivity index (χ2v) is 5.85. The first-order valence-electron chi connectivity index (χ1n) is 8.54. The van der Waals surface area contributed by atoms with Crippen LogP contribution in [-0.2, 0) is 13.1 Å². The molecule has 3 aromatic rings. The normalized spacial score (nSPS) is 10.6. The van der Waals surface area contributed by atoms with Crippen molar-refractivity contribution in [2.75, 3.05) is 12.8 Å². The van der Waals surface area contributed by atoms with E-state index in [1.165, 1.54) is 7.11 Å². The minimum Gasteiger partial charge on any atom is -0.481 e. The van der Waals surface area contributed by atoms with E-state index in [2.05, 4.69) is 32.4 Å². The topological polar surface area (TPSA) is 121 Å². The second kappa shape index (κ2) is 8.26. The van der Waals surface area contributed by atoms with E-state index in [1.54, 1.807) is 36.7 Å². The highest BCUT2D eigenvalue weighted by Crippen LogP contribution is 2.22. The maximum atomic E-state index is 12.4. The predicted molar refractivity (Wildman–Crippen MR) is 99.9 cm³/mol. The average molecular weight is 367 g/mol. The summed E-state index contributed by atoms with van der Waals surface area (Å²) in [5.41, 5.74) is 7.66. The van der Waals surface area contributed by atoms with E-state index < -0.39 is 0 Å². The molecule has 3 rings (SSSR count). The largest absolute Gasteiger partial charge is 0.481 e. The number of hydrogen-bond donors (Lipinski definition) is 2. The van der Waals surface area contributed by atoms with Gasteiger partial charge in [0, 0.05) is 23.7 Å². The second-order valence-electron chi connectivity index (χ2n) is 5.85. The molecule has 0 bridgehead atoms. The lowest BCUT2D eigenvalue weighted by atomic mass is 10.1. The van der Waals surface area contributed by atoms with Crippen LogP contribution in [0.1, 0.15) is 29.5 Å². The van der Waals surface area contributed by atoms with Crippen LogP contribution in [0.3, 0.4) is 0 Å². The van der Waals surface area contributed by atoms with Gasteiger partial charge in [0.1, 0.15) is 6.33 Å². The first-order chi connectivity index (χ1) is 13.1. The zero-order valence-electron chi connectivity index (χ0n) is 15.2. The minimum absolute atomic E-state index is 0.127. The molecule has 1 amide bonds. The average Bonchev–Trinajstić information content (AvgIpc) is 3.13. The lowest BCUT2D eigenvalue weighted by Gasteiger charge is -2.08. The highest BCUT2D eigenvalue weighted by atomic mass is 16.5. The van der Waals surface area contributed by atoms with Crippen LogP contribution in [0.25, 0.3) is 11.3 Å². The molecule has 0 spiro atoms. The number of nitrogens with one attached hydrogen (secondary N) is 1. The first kappa shape index (κ1) is 18.3. The van der Waals surface area contributed by atoms with Gasteiger partial charge in [-0.2, -0.15) is 4.98 Å². The molecule has 27 heavy (non-hydrogen) atoms. The number of carbonyl (C=O) groups excluding carboxylic acids is 1. The Hall–Kier alpha value is -3.49. The van der Waals surface area contributed by atoms with Crippen LogP contribution in [0.2, 0.25) is 0 Å². The van der Waals surface area contributed by atoms with Gasteiger partial charge in [-0.15, -0.1) is 10.2 Å². The molecule has 0 aliphatic rings. The molecule has 140 valence electrons. The van der Waals surface area contributed by atoms with Gasteiger partial charge in [-0.3, -0.25) is 4.79 Å². The molecule has 0 saturated heterocycles. The van der Waals surface area contributed by atoms with Crippen molar-refractivity contribution in [3.8, 4) is 17.1 Å². The summed E-state index contributed by atoms with van der Waals surface area (Å²) < 4.78 is 7.03. The summed E-state index contributed by atoms with van der Waals surface area (Å²) in [5, 5.41) is 10.8. The van der Waals surface area contributed by atoms with Crippen molar-refractivity contribution in [1.82, 2.24) is 30.0 Å². The van der Waals surface area contributed by atoms with E-state index in [4.69, 9.17) is 10.5 Å². The number of methoxy groups -OCH3 is 1. The van der Waals surface area contributed by atoms with Crippen molar-refractivity contribution in [2.45, 2.75) is 26.4 Å². The van der Waals surface area contributed by atoms with Gasteiger partial charge < -0.3 is 20.4 Å². The summed E-state index contributed by atoms with van der Waals surface area (Å²) >= 11 is 0. The monoisotopic (exact) mass is 367 g/mol. The number of nitrogens with two attached hydrogens (primary N) is 1. The lowest BCUT2D eigenvalue weighted by Crippen LogP contribution is -2.24. The number of aromatic nitrogens is 5. The van der Waals surface area contributed by atoms with Gasteiger partial charge in [-0.1, -0.05) is 19.1 Å². The summed E-state index contributed by atoms with van der Waals surface area (Å²) in [4.78, 5) is 20.5. The van der Waals surface area contributed by atoms with Gasteiger partial charge in [0.15, 0.2) is 5.82 Å². The van der Waals surface area contributed by atoms with Crippen LogP contribution in [0.15, 0.2) is 36.7 Å². The van der Waals surface area contributed by atoms with E-state index in [0.717, 1.165) is 24.4 Å². The van der Waals surface area contributed by atoms with Crippen molar-refractivity contribution in [1.29, 1.82) is 0 Å². The number of carbonyl (C=O) groups is 1. The van der Waals surface area contributed by atoms with Crippen LogP contribution < -0.4 is 15.8 Å². The van der Waals surface area contributed by atoms with Gasteiger partial charge in [0.05, 0.1) is 19.3 Å². The molecule has 2 aromatic heterocycles. The third kappa shape index (κ3) is 4.38. The third-order valence-corrected chi connectivity index (χ3v) is 3.94. The summed E-state index contributed by atoms with van der Waals surface area (Å²) in [5.74, 6) is 1.05. The fourth-order valence-electron chi connectivity index (χ4n) is 2.59. The number of rotatable bonds is 7. The number of ether oxygens (including phenoxy) is 1. The van der Waals surface area contributed by atoms with E-state index in [1.807, 2.05) is 4.57 Å². The molecule has 3 N–H and O–H groups in total. The van der Waals surface area contributed by atoms with Gasteiger partial charge in [-0.25, -0.2) is 4.98 Å². The van der Waals surface area contributed by atoms with Crippen molar-refractivity contribution < 1.29 is 9.53 Å². The van der Waals surface area contributed by atoms with E-state index in [9.17, 15) is 4.79 Å². The molecular weight excluding hydrogens is 346 g/mol. The van der Waals surface area contributed by atoms with Crippen molar-refractivity contribution in [3.63, 3.8) is 0 Å². The van der Waals surface area contributed by atoms with Gasteiger partial charge in [-0.05, 0) is 18.6 Å². The van der Waals surface area contributed by atoms with Gasteiger partial charge >= 0.3 is 0 Å². The van der Waals surface area contributed by atoms with Crippen LogP contribution in [0, 0.1) is 0 Å². The Kier molecular flexibility index (Phi) is 5.60. The molecule has 0 saturated carbocycles. The highest BCUT2D eigenvalue weighted by Gasteiger charge is 2.10. The number of benzene rings is 1. The van der Waals surface area contributed by atoms with Crippen molar-refractivity contribution in [2.24, 2.45) is 0 Å². The Balaban J connectivity index is 1.68. The SMILES string of the molecule is CCCn1cnnc1CNC(=O)c1ccc(-c2cc(OC)nc(N)n2)cc1. The van der Waals surface area contributed by atoms with Crippen molar-refractivity contribution >= 4 is 11.9 Å². The molecule has 2 heterocycles. The fourth-order valence-corrected chi connectivity index (χ4v) is 2.59. The summed E-state index contributed by atoms with van der Waals surface area (Å²) in [6.07, 6.45) is 2.64. The number of nitrogens with zero attached hydrogens (tertiary/aromatic N) is 5. The minimum atomic E-state index is -0.188. The number of anilines is 1. The van der Waals surface area contributed by atoms with Crippen LogP contribution in [-0.4, -0.2) is 37.7 Å². The molecule has 0 unspecified atom stereocenters. The molecule has 9 nitrogen and oxygen atoms in total. The number of nitrogen functional groups attached to an aromatic ring is 1. The van der Waals surface area contributed by atoms with Crippen LogP contribution in [0.4, 0.5) is 5.95 Å². The third-order valence-electron chi connectivity index (χ3n) is 3.94. The standard InChI is InChI=1S/C18H21N7O2/c1-3-8-25-11-21-24-15(25)10-20-17(26)13-6-4-12(5-7-13)14-9-16(27-2)23-18(19)22-14/h4-7,9,11H,3,8,10H2,1-2H3,(H,20,26)(H2,19,22,23). The molecular formula is C18H21N7O2. The molecule has 0 radical (unpaired) electrons. The Morgan fingerprint density at radius 3 is 2.74 bits per heavy atom. The molecule has 0 aliphatic heterocycles. The zero-order chi connectivity index (χ0) is 19.2. The molecule has 9 heteroatoms. The van der Waals surface area contributed by atoms with Gasteiger partial charge in [0.2, 0.25) is 11.8 Å². The predicted octanol–water partition coefficient (Wildman–Crippen LogP) is 1.67. The number of aryl methyl sites for hydroxylation is 1. The Labute approximate surface area is 156 Å². The summed E-state index contributed by atoms with van der Waals surface area (Å²) in [7, 11) is 1.51. The Morgan fingerprint density at radius 2 is 2.04 bits per heavy atom. The van der Waals surface area contributed by atoms with E-state index >= 15 is 0 Å². The molecule has 0 fully saturated rings. The molecule has 0 aliphatic carbocycles. The molecule has 1 aromatic carbocycles. The Bertz CT molecular complexity index is 922. The van der Waals surface area contributed by atoms with Crippen molar-refractivity contribution in [3.05, 3.63) is 48.0 Å². The van der Waals surface area contributed by atoms with Crippen LogP contribution >= 0.6 is 0 Å². The van der Waals surface area contributed by atoms with Gasteiger partial charge in [0.25, 0.3) is 5.91 Å².